The van der Waals surface area contributed by atoms with Crippen molar-refractivity contribution in [3.05, 3.63) is 35.2 Å². The van der Waals surface area contributed by atoms with E-state index in [1.54, 1.807) is 0 Å². The van der Waals surface area contributed by atoms with E-state index in [4.69, 9.17) is 4.74 Å². The smallest absolute Gasteiger partial charge is 0.0681 e. The largest absolute Gasteiger partial charge is 0.369 e. The average molecular weight is 303 g/mol. The first-order valence-electron chi connectivity index (χ1n) is 7.68. The van der Waals surface area contributed by atoms with Crippen molar-refractivity contribution in [2.75, 3.05) is 7.05 Å². The Morgan fingerprint density at radius 2 is 1.95 bits per heavy atom. The lowest BCUT2D eigenvalue weighted by molar-refractivity contribution is -0.0776. The van der Waals surface area contributed by atoms with Crippen molar-refractivity contribution in [1.29, 1.82) is 0 Å². The Balaban J connectivity index is 2.03. The molecule has 3 rings (SSSR count). The van der Waals surface area contributed by atoms with Gasteiger partial charge < -0.3 is 10.1 Å². The monoisotopic (exact) mass is 303 g/mol. The van der Waals surface area contributed by atoms with E-state index in [9.17, 15) is 0 Å². The van der Waals surface area contributed by atoms with Crippen LogP contribution in [-0.2, 0) is 4.74 Å². The molecule has 1 aromatic carbocycles. The second-order valence-electron chi connectivity index (χ2n) is 7.23. The van der Waals surface area contributed by atoms with Crippen LogP contribution in [0.1, 0.15) is 45.7 Å². The molecule has 1 N–H and O–H groups in total. The molecule has 2 atom stereocenters. The van der Waals surface area contributed by atoms with Gasteiger partial charge in [-0.1, -0.05) is 18.2 Å². The number of hydrogen-bond acceptors (Lipinski definition) is 3. The van der Waals surface area contributed by atoms with Gasteiger partial charge in [-0.2, -0.15) is 0 Å². The maximum absolute atomic E-state index is 6.31. The van der Waals surface area contributed by atoms with Gasteiger partial charge in [0, 0.05) is 16.7 Å². The SMILES string of the molecule is CNC(c1csc2ccccc12)C1CC(C)(C)OC1(C)C. The third-order valence-electron chi connectivity index (χ3n) is 4.70. The van der Waals surface area contributed by atoms with Crippen LogP contribution in [0.4, 0.5) is 0 Å². The molecule has 1 aliphatic heterocycles. The van der Waals surface area contributed by atoms with Gasteiger partial charge in [0.25, 0.3) is 0 Å². The zero-order valence-electron chi connectivity index (χ0n) is 13.6. The highest BCUT2D eigenvalue weighted by Gasteiger charge is 2.49. The van der Waals surface area contributed by atoms with E-state index in [0.29, 0.717) is 12.0 Å². The first-order chi connectivity index (χ1) is 9.84. The summed E-state index contributed by atoms with van der Waals surface area (Å²) in [6, 6.07) is 9.02. The number of nitrogens with one attached hydrogen (secondary N) is 1. The van der Waals surface area contributed by atoms with Gasteiger partial charge in [-0.3, -0.25) is 0 Å². The van der Waals surface area contributed by atoms with Crippen LogP contribution in [0.5, 0.6) is 0 Å². The Morgan fingerprint density at radius 3 is 2.57 bits per heavy atom. The van der Waals surface area contributed by atoms with E-state index in [0.717, 1.165) is 6.42 Å². The standard InChI is InChI=1S/C18H25NOS/c1-17(2)10-14(18(3,4)20-17)16(19-5)13-11-21-15-9-7-6-8-12(13)15/h6-9,11,14,16,19H,10H2,1-5H3. The Labute approximate surface area is 131 Å². The summed E-state index contributed by atoms with van der Waals surface area (Å²) in [4.78, 5) is 0. The topological polar surface area (TPSA) is 21.3 Å². The predicted molar refractivity (Wildman–Crippen MR) is 91.0 cm³/mol. The van der Waals surface area contributed by atoms with E-state index in [1.807, 2.05) is 11.3 Å². The highest BCUT2D eigenvalue weighted by molar-refractivity contribution is 7.17. The quantitative estimate of drug-likeness (QED) is 0.883. The summed E-state index contributed by atoms with van der Waals surface area (Å²) in [5.74, 6) is 0.468. The van der Waals surface area contributed by atoms with Crippen molar-refractivity contribution >= 4 is 21.4 Å². The zero-order valence-corrected chi connectivity index (χ0v) is 14.4. The minimum absolute atomic E-state index is 0.0465. The molecule has 114 valence electrons. The van der Waals surface area contributed by atoms with Crippen LogP contribution in [-0.4, -0.2) is 18.2 Å². The molecule has 0 bridgehead atoms. The fourth-order valence-corrected chi connectivity index (χ4v) is 4.93. The third kappa shape index (κ3) is 2.63. The van der Waals surface area contributed by atoms with Crippen LogP contribution >= 0.6 is 11.3 Å². The van der Waals surface area contributed by atoms with Crippen molar-refractivity contribution in [1.82, 2.24) is 5.32 Å². The Kier molecular flexibility index (Phi) is 3.63. The van der Waals surface area contributed by atoms with Crippen LogP contribution in [0.25, 0.3) is 10.1 Å². The van der Waals surface area contributed by atoms with Crippen molar-refractivity contribution in [3.63, 3.8) is 0 Å². The summed E-state index contributed by atoms with van der Waals surface area (Å²) in [5.41, 5.74) is 1.26. The molecule has 2 heterocycles. The van der Waals surface area contributed by atoms with Gasteiger partial charge in [0.15, 0.2) is 0 Å². The molecule has 21 heavy (non-hydrogen) atoms. The van der Waals surface area contributed by atoms with Crippen LogP contribution < -0.4 is 5.32 Å². The second-order valence-corrected chi connectivity index (χ2v) is 8.14. The third-order valence-corrected chi connectivity index (χ3v) is 5.68. The summed E-state index contributed by atoms with van der Waals surface area (Å²) in [5, 5.41) is 7.25. The van der Waals surface area contributed by atoms with Gasteiger partial charge in [0.05, 0.1) is 11.2 Å². The highest BCUT2D eigenvalue weighted by atomic mass is 32.1. The fraction of sp³-hybridized carbons (Fsp3) is 0.556. The van der Waals surface area contributed by atoms with E-state index >= 15 is 0 Å². The normalized spacial score (nSPS) is 25.3. The lowest BCUT2D eigenvalue weighted by Crippen LogP contribution is -2.37. The summed E-state index contributed by atoms with van der Waals surface area (Å²) >= 11 is 1.84. The van der Waals surface area contributed by atoms with E-state index in [1.165, 1.54) is 15.6 Å². The van der Waals surface area contributed by atoms with E-state index in [-0.39, 0.29) is 11.2 Å². The molecule has 2 unspecified atom stereocenters. The average Bonchev–Trinajstić information content (AvgIpc) is 2.90. The van der Waals surface area contributed by atoms with Crippen molar-refractivity contribution in [2.45, 2.75) is 51.4 Å². The van der Waals surface area contributed by atoms with Crippen molar-refractivity contribution in [2.24, 2.45) is 5.92 Å². The number of benzene rings is 1. The molecule has 2 aromatic rings. The zero-order chi connectivity index (χ0) is 15.3. The van der Waals surface area contributed by atoms with Crippen LogP contribution in [0.3, 0.4) is 0 Å². The molecular weight excluding hydrogens is 278 g/mol. The fourth-order valence-electron chi connectivity index (χ4n) is 3.94. The number of ether oxygens (including phenoxy) is 1. The molecular formula is C18H25NOS. The maximum atomic E-state index is 6.31. The second kappa shape index (κ2) is 5.08. The molecule has 1 saturated heterocycles. The van der Waals surface area contributed by atoms with Crippen LogP contribution in [0, 0.1) is 5.92 Å². The van der Waals surface area contributed by atoms with Crippen molar-refractivity contribution in [3.8, 4) is 0 Å². The maximum Gasteiger partial charge on any atom is 0.0681 e. The molecule has 3 heteroatoms. The summed E-state index contributed by atoms with van der Waals surface area (Å²) in [6.45, 7) is 8.86. The molecule has 1 aliphatic rings. The molecule has 1 fully saturated rings. The van der Waals surface area contributed by atoms with Gasteiger partial charge in [-0.25, -0.2) is 0 Å². The van der Waals surface area contributed by atoms with Gasteiger partial charge in [0.2, 0.25) is 0 Å². The first kappa shape index (κ1) is 15.0. The first-order valence-corrected chi connectivity index (χ1v) is 8.55. The lowest BCUT2D eigenvalue weighted by Gasteiger charge is -2.33. The number of rotatable bonds is 3. The Morgan fingerprint density at radius 1 is 1.24 bits per heavy atom. The summed E-state index contributed by atoms with van der Waals surface area (Å²) in [7, 11) is 2.07. The molecule has 0 spiro atoms. The van der Waals surface area contributed by atoms with Crippen LogP contribution in [0.15, 0.2) is 29.6 Å². The molecule has 0 saturated carbocycles. The minimum atomic E-state index is -0.111. The van der Waals surface area contributed by atoms with Crippen LogP contribution in [0.2, 0.25) is 0 Å². The number of hydrogen-bond donors (Lipinski definition) is 1. The minimum Gasteiger partial charge on any atom is -0.369 e. The molecule has 0 amide bonds. The Hall–Kier alpha value is -0.900. The Bertz CT molecular complexity index is 643. The highest BCUT2D eigenvalue weighted by Crippen LogP contribution is 2.49. The molecule has 0 radical (unpaired) electrons. The number of thiophene rings is 1. The summed E-state index contributed by atoms with van der Waals surface area (Å²) < 4.78 is 7.67. The number of fused-ring (bicyclic) bond motifs is 1. The van der Waals surface area contributed by atoms with Gasteiger partial charge in [-0.15, -0.1) is 11.3 Å². The van der Waals surface area contributed by atoms with Gasteiger partial charge in [0.1, 0.15) is 0 Å². The molecule has 0 aliphatic carbocycles. The summed E-state index contributed by atoms with van der Waals surface area (Å²) in [6.07, 6.45) is 1.08. The molecule has 1 aromatic heterocycles. The van der Waals surface area contributed by atoms with Gasteiger partial charge in [-0.05, 0) is 63.6 Å². The van der Waals surface area contributed by atoms with Crippen molar-refractivity contribution < 1.29 is 4.74 Å². The van der Waals surface area contributed by atoms with Gasteiger partial charge >= 0.3 is 0 Å². The predicted octanol–water partition coefficient (Wildman–Crippen LogP) is 4.76. The van der Waals surface area contributed by atoms with E-state index in [2.05, 4.69) is 69.7 Å². The molecule has 2 nitrogen and oxygen atoms in total. The lowest BCUT2D eigenvalue weighted by atomic mass is 9.79. The van der Waals surface area contributed by atoms with E-state index < -0.39 is 0 Å².